The smallest absolute Gasteiger partial charge is 0.120 e. The van der Waals surface area contributed by atoms with Gasteiger partial charge in [0.25, 0.3) is 0 Å². The van der Waals surface area contributed by atoms with Gasteiger partial charge in [-0.05, 0) is 69.8 Å². The topological polar surface area (TPSA) is 21.3 Å². The zero-order valence-corrected chi connectivity index (χ0v) is 12.8. The number of nitrogens with one attached hydrogen (secondary N) is 1. The van der Waals surface area contributed by atoms with Crippen LogP contribution in [0.25, 0.3) is 0 Å². The molecule has 1 aliphatic rings. The van der Waals surface area contributed by atoms with Gasteiger partial charge in [0, 0.05) is 10.5 Å². The van der Waals surface area contributed by atoms with Crippen LogP contribution < -0.4 is 10.1 Å². The summed E-state index contributed by atoms with van der Waals surface area (Å²) in [4.78, 5) is 0. The van der Waals surface area contributed by atoms with Gasteiger partial charge in [-0.2, -0.15) is 0 Å². The summed E-state index contributed by atoms with van der Waals surface area (Å²) in [5, 5.41) is 3.53. The van der Waals surface area contributed by atoms with Crippen molar-refractivity contribution in [2.45, 2.75) is 51.7 Å². The van der Waals surface area contributed by atoms with Gasteiger partial charge in [0.05, 0.1) is 6.10 Å². The van der Waals surface area contributed by atoms with E-state index in [1.54, 1.807) is 0 Å². The summed E-state index contributed by atoms with van der Waals surface area (Å²) in [5.74, 6) is 0.971. The van der Waals surface area contributed by atoms with Crippen molar-refractivity contribution < 1.29 is 4.74 Å². The van der Waals surface area contributed by atoms with Crippen LogP contribution in [0, 0.1) is 6.92 Å². The minimum absolute atomic E-state index is 0.284. The zero-order valence-electron chi connectivity index (χ0n) is 11.2. The molecule has 1 unspecified atom stereocenters. The van der Waals surface area contributed by atoms with Gasteiger partial charge in [0.1, 0.15) is 5.75 Å². The van der Waals surface area contributed by atoms with Crippen molar-refractivity contribution in [2.24, 2.45) is 0 Å². The number of hydrogen-bond donors (Lipinski definition) is 1. The highest BCUT2D eigenvalue weighted by atomic mass is 79.9. The van der Waals surface area contributed by atoms with Gasteiger partial charge in [-0.15, -0.1) is 0 Å². The molecule has 2 nitrogen and oxygen atoms in total. The highest BCUT2D eigenvalue weighted by Gasteiger charge is 2.19. The van der Waals surface area contributed by atoms with Crippen LogP contribution in [0.4, 0.5) is 0 Å². The summed E-state index contributed by atoms with van der Waals surface area (Å²) in [6, 6.07) is 6.97. The minimum Gasteiger partial charge on any atom is -0.491 e. The van der Waals surface area contributed by atoms with Crippen LogP contribution in [0.1, 0.15) is 38.2 Å². The molecular weight excluding hydrogens is 290 g/mol. The van der Waals surface area contributed by atoms with Gasteiger partial charge in [0.15, 0.2) is 0 Å². The minimum atomic E-state index is 0.284. The quantitative estimate of drug-likeness (QED) is 0.767. The summed E-state index contributed by atoms with van der Waals surface area (Å²) in [5.41, 5.74) is 1.22. The Balaban J connectivity index is 1.68. The maximum absolute atomic E-state index is 5.92. The molecule has 1 aromatic carbocycles. The first-order chi connectivity index (χ1) is 8.65. The average molecular weight is 312 g/mol. The Morgan fingerprint density at radius 1 is 1.44 bits per heavy atom. The Morgan fingerprint density at radius 2 is 2.22 bits per heavy atom. The van der Waals surface area contributed by atoms with Gasteiger partial charge >= 0.3 is 0 Å². The van der Waals surface area contributed by atoms with Crippen LogP contribution >= 0.6 is 15.9 Å². The van der Waals surface area contributed by atoms with E-state index in [1.165, 1.54) is 24.8 Å². The molecular formula is C15H22BrNO. The Morgan fingerprint density at radius 3 is 2.89 bits per heavy atom. The third-order valence-electron chi connectivity index (χ3n) is 3.26. The Labute approximate surface area is 118 Å². The largest absolute Gasteiger partial charge is 0.491 e. The van der Waals surface area contributed by atoms with Crippen molar-refractivity contribution in [3.63, 3.8) is 0 Å². The van der Waals surface area contributed by atoms with E-state index in [0.717, 1.165) is 29.2 Å². The molecule has 1 aliphatic carbocycles. The van der Waals surface area contributed by atoms with Crippen molar-refractivity contribution in [3.8, 4) is 5.75 Å². The molecule has 1 atom stereocenters. The normalized spacial score (nSPS) is 16.6. The molecule has 0 aliphatic heterocycles. The standard InChI is InChI=1S/C15H22BrNO/c1-11-10-14(7-8-15(11)16)18-12(2)4-3-9-17-13-5-6-13/h7-8,10,12-13,17H,3-6,9H2,1-2H3. The van der Waals surface area contributed by atoms with Crippen LogP contribution in [-0.2, 0) is 0 Å². The first kappa shape index (κ1) is 13.9. The van der Waals surface area contributed by atoms with Gasteiger partial charge < -0.3 is 10.1 Å². The maximum Gasteiger partial charge on any atom is 0.120 e. The summed E-state index contributed by atoms with van der Waals surface area (Å²) < 4.78 is 7.06. The van der Waals surface area contributed by atoms with Crippen molar-refractivity contribution in [1.29, 1.82) is 0 Å². The third-order valence-corrected chi connectivity index (χ3v) is 4.15. The molecule has 0 heterocycles. The van der Waals surface area contributed by atoms with Crippen molar-refractivity contribution in [2.75, 3.05) is 6.54 Å². The predicted octanol–water partition coefficient (Wildman–Crippen LogP) is 4.06. The highest BCUT2D eigenvalue weighted by Crippen LogP contribution is 2.23. The third kappa shape index (κ3) is 4.62. The molecule has 1 fully saturated rings. The molecule has 3 heteroatoms. The second kappa shape index (κ2) is 6.58. The van der Waals surface area contributed by atoms with E-state index in [2.05, 4.69) is 41.2 Å². The van der Waals surface area contributed by atoms with Crippen molar-refractivity contribution >= 4 is 15.9 Å². The van der Waals surface area contributed by atoms with E-state index < -0.39 is 0 Å². The van der Waals surface area contributed by atoms with Crippen molar-refractivity contribution in [3.05, 3.63) is 28.2 Å². The lowest BCUT2D eigenvalue weighted by atomic mass is 10.2. The van der Waals surface area contributed by atoms with Crippen LogP contribution in [0.3, 0.4) is 0 Å². The molecule has 100 valence electrons. The molecule has 0 spiro atoms. The molecule has 0 amide bonds. The van der Waals surface area contributed by atoms with E-state index in [-0.39, 0.29) is 6.10 Å². The second-order valence-electron chi connectivity index (χ2n) is 5.21. The number of ether oxygens (including phenoxy) is 1. The molecule has 2 rings (SSSR count). The zero-order chi connectivity index (χ0) is 13.0. The number of rotatable bonds is 7. The van der Waals surface area contributed by atoms with Crippen LogP contribution in [0.15, 0.2) is 22.7 Å². The fraction of sp³-hybridized carbons (Fsp3) is 0.600. The predicted molar refractivity (Wildman–Crippen MR) is 79.2 cm³/mol. The van der Waals surface area contributed by atoms with Gasteiger partial charge in [-0.1, -0.05) is 15.9 Å². The first-order valence-electron chi connectivity index (χ1n) is 6.81. The highest BCUT2D eigenvalue weighted by molar-refractivity contribution is 9.10. The molecule has 0 radical (unpaired) electrons. The maximum atomic E-state index is 5.92. The fourth-order valence-corrected chi connectivity index (χ4v) is 2.21. The molecule has 1 aromatic rings. The van der Waals surface area contributed by atoms with E-state index in [9.17, 15) is 0 Å². The lowest BCUT2D eigenvalue weighted by molar-refractivity contribution is 0.207. The van der Waals surface area contributed by atoms with E-state index in [1.807, 2.05) is 12.1 Å². The van der Waals surface area contributed by atoms with Crippen molar-refractivity contribution in [1.82, 2.24) is 5.32 Å². The lowest BCUT2D eigenvalue weighted by Gasteiger charge is -2.15. The van der Waals surface area contributed by atoms with Gasteiger partial charge in [-0.25, -0.2) is 0 Å². The Kier molecular flexibility index (Phi) is 5.07. The fourth-order valence-electron chi connectivity index (χ4n) is 1.96. The molecule has 1 saturated carbocycles. The van der Waals surface area contributed by atoms with Crippen LogP contribution in [0.2, 0.25) is 0 Å². The van der Waals surface area contributed by atoms with E-state index in [4.69, 9.17) is 4.74 Å². The number of hydrogen-bond acceptors (Lipinski definition) is 2. The SMILES string of the molecule is Cc1cc(OC(C)CCCNC2CC2)ccc1Br. The summed E-state index contributed by atoms with van der Waals surface area (Å²) >= 11 is 3.50. The number of halogens is 1. The summed E-state index contributed by atoms with van der Waals surface area (Å²) in [6.07, 6.45) is 5.31. The number of aryl methyl sites for hydroxylation is 1. The summed E-state index contributed by atoms with van der Waals surface area (Å²) in [7, 11) is 0. The van der Waals surface area contributed by atoms with Crippen LogP contribution in [0.5, 0.6) is 5.75 Å². The molecule has 1 N–H and O–H groups in total. The Bertz CT molecular complexity index is 390. The van der Waals surface area contributed by atoms with Crippen LogP contribution in [-0.4, -0.2) is 18.7 Å². The second-order valence-corrected chi connectivity index (χ2v) is 6.06. The lowest BCUT2D eigenvalue weighted by Crippen LogP contribution is -2.20. The van der Waals surface area contributed by atoms with E-state index >= 15 is 0 Å². The van der Waals surface area contributed by atoms with E-state index in [0.29, 0.717) is 0 Å². The Hall–Kier alpha value is -0.540. The average Bonchev–Trinajstić information content (AvgIpc) is 3.14. The number of benzene rings is 1. The monoisotopic (exact) mass is 311 g/mol. The summed E-state index contributed by atoms with van der Waals surface area (Å²) in [6.45, 7) is 5.35. The molecule has 0 aromatic heterocycles. The van der Waals surface area contributed by atoms with Gasteiger partial charge in [0.2, 0.25) is 0 Å². The molecule has 18 heavy (non-hydrogen) atoms. The molecule has 0 saturated heterocycles. The van der Waals surface area contributed by atoms with Gasteiger partial charge in [-0.3, -0.25) is 0 Å². The molecule has 0 bridgehead atoms. The first-order valence-corrected chi connectivity index (χ1v) is 7.60.